The van der Waals surface area contributed by atoms with Gasteiger partial charge in [0.1, 0.15) is 5.01 Å². The van der Waals surface area contributed by atoms with Crippen molar-refractivity contribution in [3.63, 3.8) is 0 Å². The Morgan fingerprint density at radius 2 is 2.12 bits per heavy atom. The van der Waals surface area contributed by atoms with Crippen molar-refractivity contribution in [1.29, 1.82) is 0 Å². The van der Waals surface area contributed by atoms with Gasteiger partial charge >= 0.3 is 0 Å². The van der Waals surface area contributed by atoms with Crippen LogP contribution in [0.25, 0.3) is 0 Å². The van der Waals surface area contributed by atoms with Gasteiger partial charge < -0.3 is 11.1 Å². The summed E-state index contributed by atoms with van der Waals surface area (Å²) in [7, 11) is 0. The molecule has 0 saturated heterocycles. The predicted octanol–water partition coefficient (Wildman–Crippen LogP) is 1.61. The maximum absolute atomic E-state index is 11.7. The third-order valence-corrected chi connectivity index (χ3v) is 3.53. The molecule has 1 rings (SSSR count). The molecule has 90 valence electrons. The summed E-state index contributed by atoms with van der Waals surface area (Å²) in [6.45, 7) is 7.72. The molecule has 1 heterocycles. The fraction of sp³-hybridized carbons (Fsp3) is 0.636. The number of hydrogen-bond donors (Lipinski definition) is 2. The van der Waals surface area contributed by atoms with Crippen LogP contribution in [0.4, 0.5) is 0 Å². The fourth-order valence-electron chi connectivity index (χ4n) is 1.25. The highest BCUT2D eigenvalue weighted by Crippen LogP contribution is 2.17. The molecule has 3 N–H and O–H groups in total. The van der Waals surface area contributed by atoms with Crippen molar-refractivity contribution < 1.29 is 4.79 Å². The van der Waals surface area contributed by atoms with Crippen molar-refractivity contribution in [3.05, 3.63) is 16.1 Å². The third-order valence-electron chi connectivity index (χ3n) is 2.39. The monoisotopic (exact) mass is 241 g/mol. The number of thiazole rings is 1. The van der Waals surface area contributed by atoms with Gasteiger partial charge in [-0.25, -0.2) is 4.98 Å². The number of nitrogens with two attached hydrogens (primary N) is 1. The molecule has 16 heavy (non-hydrogen) atoms. The van der Waals surface area contributed by atoms with Crippen molar-refractivity contribution in [2.75, 3.05) is 0 Å². The first-order valence-electron chi connectivity index (χ1n) is 5.39. The number of nitrogens with zero attached hydrogens (tertiary/aromatic N) is 1. The van der Waals surface area contributed by atoms with Gasteiger partial charge in [-0.15, -0.1) is 11.3 Å². The lowest BCUT2D eigenvalue weighted by molar-refractivity contribution is -0.123. The SMILES string of the molecule is Cc1csc(C(C)NC(=O)C(N)C(C)C)n1. The van der Waals surface area contributed by atoms with Crippen LogP contribution in [0.2, 0.25) is 0 Å². The lowest BCUT2D eigenvalue weighted by atomic mass is 10.0. The van der Waals surface area contributed by atoms with Crippen molar-refractivity contribution in [3.8, 4) is 0 Å². The molecule has 0 aliphatic carbocycles. The number of aromatic nitrogens is 1. The number of carbonyl (C=O) groups is 1. The predicted molar refractivity (Wildman–Crippen MR) is 66.2 cm³/mol. The van der Waals surface area contributed by atoms with E-state index in [1.165, 1.54) is 0 Å². The van der Waals surface area contributed by atoms with Crippen LogP contribution in [-0.2, 0) is 4.79 Å². The molecule has 1 aromatic rings. The Morgan fingerprint density at radius 1 is 1.50 bits per heavy atom. The second-order valence-electron chi connectivity index (χ2n) is 4.33. The van der Waals surface area contributed by atoms with Crippen LogP contribution < -0.4 is 11.1 Å². The van der Waals surface area contributed by atoms with Gasteiger partial charge in [0, 0.05) is 11.1 Å². The standard InChI is InChI=1S/C11H19N3OS/c1-6(2)9(12)10(15)14-8(4)11-13-7(3)5-16-11/h5-6,8-9H,12H2,1-4H3,(H,14,15). The van der Waals surface area contributed by atoms with Crippen molar-refractivity contribution in [1.82, 2.24) is 10.3 Å². The third kappa shape index (κ3) is 3.28. The van der Waals surface area contributed by atoms with Gasteiger partial charge in [0.15, 0.2) is 0 Å². The van der Waals surface area contributed by atoms with E-state index >= 15 is 0 Å². The van der Waals surface area contributed by atoms with E-state index in [-0.39, 0.29) is 17.9 Å². The van der Waals surface area contributed by atoms with E-state index in [2.05, 4.69) is 10.3 Å². The Balaban J connectivity index is 2.58. The Labute approximate surface area is 100 Å². The minimum atomic E-state index is -0.455. The minimum Gasteiger partial charge on any atom is -0.346 e. The quantitative estimate of drug-likeness (QED) is 0.841. The number of aryl methyl sites for hydroxylation is 1. The average molecular weight is 241 g/mol. The van der Waals surface area contributed by atoms with Gasteiger partial charge in [0.2, 0.25) is 5.91 Å². The molecule has 0 aromatic carbocycles. The Bertz CT molecular complexity index is 362. The molecule has 0 bridgehead atoms. The van der Waals surface area contributed by atoms with E-state index in [0.717, 1.165) is 10.7 Å². The lowest BCUT2D eigenvalue weighted by Crippen LogP contribution is -2.44. The zero-order valence-electron chi connectivity index (χ0n) is 10.2. The van der Waals surface area contributed by atoms with Gasteiger partial charge in [-0.1, -0.05) is 13.8 Å². The second kappa shape index (κ2) is 5.41. The van der Waals surface area contributed by atoms with Crippen LogP contribution in [0.1, 0.15) is 37.5 Å². The highest BCUT2D eigenvalue weighted by atomic mass is 32.1. The molecule has 1 aromatic heterocycles. The largest absolute Gasteiger partial charge is 0.346 e. The molecule has 0 radical (unpaired) electrons. The Hall–Kier alpha value is -0.940. The van der Waals surface area contributed by atoms with E-state index < -0.39 is 6.04 Å². The van der Waals surface area contributed by atoms with E-state index in [1.807, 2.05) is 33.1 Å². The summed E-state index contributed by atoms with van der Waals surface area (Å²) >= 11 is 1.55. The van der Waals surface area contributed by atoms with E-state index in [9.17, 15) is 4.79 Å². The van der Waals surface area contributed by atoms with Gasteiger partial charge in [-0.2, -0.15) is 0 Å². The van der Waals surface area contributed by atoms with Crippen LogP contribution in [0.15, 0.2) is 5.38 Å². The number of hydrogen-bond acceptors (Lipinski definition) is 4. The zero-order chi connectivity index (χ0) is 12.3. The summed E-state index contributed by atoms with van der Waals surface area (Å²) in [5, 5.41) is 5.77. The second-order valence-corrected chi connectivity index (χ2v) is 5.22. The molecule has 1 amide bonds. The first-order valence-corrected chi connectivity index (χ1v) is 6.27. The number of amides is 1. The number of carbonyl (C=O) groups excluding carboxylic acids is 1. The summed E-state index contributed by atoms with van der Waals surface area (Å²) < 4.78 is 0. The Morgan fingerprint density at radius 3 is 2.56 bits per heavy atom. The molecule has 0 spiro atoms. The summed E-state index contributed by atoms with van der Waals surface area (Å²) in [4.78, 5) is 16.0. The molecule has 0 aliphatic rings. The maximum Gasteiger partial charge on any atom is 0.237 e. The van der Waals surface area contributed by atoms with Gasteiger partial charge in [-0.3, -0.25) is 4.79 Å². The molecular weight excluding hydrogens is 222 g/mol. The lowest BCUT2D eigenvalue weighted by Gasteiger charge is -2.18. The van der Waals surface area contributed by atoms with Crippen molar-refractivity contribution in [2.24, 2.45) is 11.7 Å². The molecule has 2 unspecified atom stereocenters. The minimum absolute atomic E-state index is 0.0731. The van der Waals surface area contributed by atoms with Crippen molar-refractivity contribution in [2.45, 2.75) is 39.8 Å². The van der Waals surface area contributed by atoms with Gasteiger partial charge in [0.05, 0.1) is 12.1 Å². The number of rotatable bonds is 4. The summed E-state index contributed by atoms with van der Waals surface area (Å²) in [6.07, 6.45) is 0. The van der Waals surface area contributed by atoms with Gasteiger partial charge in [-0.05, 0) is 19.8 Å². The average Bonchev–Trinajstić information content (AvgIpc) is 2.63. The van der Waals surface area contributed by atoms with Crippen LogP contribution in [0.5, 0.6) is 0 Å². The van der Waals surface area contributed by atoms with Crippen LogP contribution in [0.3, 0.4) is 0 Å². The van der Waals surface area contributed by atoms with Crippen LogP contribution >= 0.6 is 11.3 Å². The zero-order valence-corrected chi connectivity index (χ0v) is 11.0. The first kappa shape index (κ1) is 13.1. The molecular formula is C11H19N3OS. The summed E-state index contributed by atoms with van der Waals surface area (Å²) in [5.74, 6) is 0.0283. The molecule has 0 saturated carbocycles. The van der Waals surface area contributed by atoms with E-state index in [0.29, 0.717) is 0 Å². The molecule has 0 aliphatic heterocycles. The molecule has 5 heteroatoms. The normalized spacial score (nSPS) is 14.9. The Kier molecular flexibility index (Phi) is 4.44. The van der Waals surface area contributed by atoms with Crippen LogP contribution in [0, 0.1) is 12.8 Å². The summed E-state index contributed by atoms with van der Waals surface area (Å²) in [6, 6.07) is -0.528. The smallest absolute Gasteiger partial charge is 0.237 e. The van der Waals surface area contributed by atoms with Crippen LogP contribution in [-0.4, -0.2) is 16.9 Å². The first-order chi connectivity index (χ1) is 7.41. The maximum atomic E-state index is 11.7. The highest BCUT2D eigenvalue weighted by Gasteiger charge is 2.20. The fourth-order valence-corrected chi connectivity index (χ4v) is 2.05. The molecule has 4 nitrogen and oxygen atoms in total. The van der Waals surface area contributed by atoms with E-state index in [4.69, 9.17) is 5.73 Å². The van der Waals surface area contributed by atoms with Crippen molar-refractivity contribution >= 4 is 17.2 Å². The topological polar surface area (TPSA) is 68.0 Å². The highest BCUT2D eigenvalue weighted by molar-refractivity contribution is 7.09. The molecule has 0 fully saturated rings. The van der Waals surface area contributed by atoms with E-state index in [1.54, 1.807) is 11.3 Å². The van der Waals surface area contributed by atoms with Gasteiger partial charge in [0.25, 0.3) is 0 Å². The summed E-state index contributed by atoms with van der Waals surface area (Å²) in [5.41, 5.74) is 6.74. The number of nitrogens with one attached hydrogen (secondary N) is 1. The molecule has 2 atom stereocenters.